The number of carbonyl (C=O) groups is 1. The zero-order valence-electron chi connectivity index (χ0n) is 12.1. The molecule has 1 aromatic rings. The van der Waals surface area contributed by atoms with Gasteiger partial charge in [-0.15, -0.1) is 0 Å². The van der Waals surface area contributed by atoms with Crippen LogP contribution in [0.2, 0.25) is 0 Å². The predicted octanol–water partition coefficient (Wildman–Crippen LogP) is 1.47. The van der Waals surface area contributed by atoms with Crippen LogP contribution in [0.25, 0.3) is 0 Å². The van der Waals surface area contributed by atoms with Gasteiger partial charge in [-0.05, 0) is 37.7 Å². The van der Waals surface area contributed by atoms with E-state index in [2.05, 4.69) is 17.1 Å². The Morgan fingerprint density at radius 2 is 1.90 bits per heavy atom. The van der Waals surface area contributed by atoms with Crippen molar-refractivity contribution in [3.05, 3.63) is 30.1 Å². The zero-order chi connectivity index (χ0) is 14.5. The number of benzene rings is 1. The van der Waals surface area contributed by atoms with E-state index in [1.54, 1.807) is 17.0 Å². The molecule has 0 spiro atoms. The van der Waals surface area contributed by atoms with Crippen molar-refractivity contribution in [1.82, 2.24) is 10.2 Å². The minimum absolute atomic E-state index is 0.0628. The largest absolute Gasteiger partial charge is 0.314 e. The average molecular weight is 279 g/mol. The second-order valence-corrected chi connectivity index (χ2v) is 4.99. The normalized spacial score (nSPS) is 15.2. The molecule has 1 N–H and O–H groups in total. The highest BCUT2D eigenvalue weighted by molar-refractivity contribution is 5.94. The molecule has 0 bridgehead atoms. The molecule has 0 aliphatic carbocycles. The smallest absolute Gasteiger partial charge is 0.241 e. The molecule has 0 saturated carbocycles. The summed E-state index contributed by atoms with van der Waals surface area (Å²) in [6, 6.07) is 6.53. The van der Waals surface area contributed by atoms with Gasteiger partial charge in [0.05, 0.1) is 6.54 Å². The lowest BCUT2D eigenvalue weighted by Crippen LogP contribution is -2.59. The summed E-state index contributed by atoms with van der Waals surface area (Å²) in [6.07, 6.45) is 0. The first kappa shape index (κ1) is 14.9. The van der Waals surface area contributed by atoms with Crippen LogP contribution >= 0.6 is 0 Å². The highest BCUT2D eigenvalue weighted by Gasteiger charge is 2.26. The number of halogens is 1. The molecule has 1 amide bonds. The molecule has 1 saturated heterocycles. The molecular weight excluding hydrogens is 257 g/mol. The van der Waals surface area contributed by atoms with Gasteiger partial charge in [0.15, 0.2) is 0 Å². The Labute approximate surface area is 119 Å². The highest BCUT2D eigenvalue weighted by atomic mass is 19.1. The van der Waals surface area contributed by atoms with Crippen molar-refractivity contribution in [1.29, 1.82) is 0 Å². The van der Waals surface area contributed by atoms with E-state index < -0.39 is 0 Å². The molecule has 5 heteroatoms. The highest BCUT2D eigenvalue weighted by Crippen LogP contribution is 2.16. The van der Waals surface area contributed by atoms with Crippen molar-refractivity contribution >= 4 is 11.6 Å². The first-order valence-electron chi connectivity index (χ1n) is 7.16. The number of hydrogen-bond acceptors (Lipinski definition) is 3. The zero-order valence-corrected chi connectivity index (χ0v) is 12.1. The minimum Gasteiger partial charge on any atom is -0.314 e. The fraction of sp³-hybridized carbons (Fsp3) is 0.533. The molecule has 4 nitrogen and oxygen atoms in total. The van der Waals surface area contributed by atoms with Crippen molar-refractivity contribution in [2.45, 2.75) is 19.9 Å². The maximum Gasteiger partial charge on any atom is 0.241 e. The standard InChI is InChI=1S/C15H22FN3O/c1-3-18(14-9-17-10-14)11-15(20)19(4-2)13-7-5-12(16)6-8-13/h5-8,14,17H,3-4,9-11H2,1-2H3. The summed E-state index contributed by atoms with van der Waals surface area (Å²) in [5, 5.41) is 3.22. The Balaban J connectivity index is 2.02. The van der Waals surface area contributed by atoms with Gasteiger partial charge in [0.25, 0.3) is 0 Å². The van der Waals surface area contributed by atoms with E-state index in [0.717, 1.165) is 25.3 Å². The number of nitrogens with zero attached hydrogens (tertiary/aromatic N) is 2. The van der Waals surface area contributed by atoms with E-state index in [-0.39, 0.29) is 11.7 Å². The number of likely N-dealkylation sites (N-methyl/N-ethyl adjacent to an activating group) is 2. The third-order valence-corrected chi connectivity index (χ3v) is 3.78. The molecule has 2 rings (SSSR count). The second-order valence-electron chi connectivity index (χ2n) is 4.99. The van der Waals surface area contributed by atoms with Crippen molar-refractivity contribution in [3.8, 4) is 0 Å². The van der Waals surface area contributed by atoms with E-state index in [0.29, 0.717) is 19.1 Å². The van der Waals surface area contributed by atoms with Crippen LogP contribution in [0.5, 0.6) is 0 Å². The van der Waals surface area contributed by atoms with Crippen LogP contribution in [-0.2, 0) is 4.79 Å². The van der Waals surface area contributed by atoms with Crippen LogP contribution < -0.4 is 10.2 Å². The topological polar surface area (TPSA) is 35.6 Å². The minimum atomic E-state index is -0.284. The van der Waals surface area contributed by atoms with Crippen LogP contribution in [0.4, 0.5) is 10.1 Å². The summed E-state index contributed by atoms with van der Waals surface area (Å²) in [5.74, 6) is -0.221. The van der Waals surface area contributed by atoms with Gasteiger partial charge in [-0.3, -0.25) is 9.69 Å². The number of carbonyl (C=O) groups excluding carboxylic acids is 1. The van der Waals surface area contributed by atoms with Gasteiger partial charge in [0.1, 0.15) is 5.82 Å². The fourth-order valence-corrected chi connectivity index (χ4v) is 2.41. The number of hydrogen-bond donors (Lipinski definition) is 1. The molecule has 0 atom stereocenters. The Morgan fingerprint density at radius 3 is 2.35 bits per heavy atom. The molecule has 20 heavy (non-hydrogen) atoms. The third kappa shape index (κ3) is 3.35. The van der Waals surface area contributed by atoms with E-state index in [9.17, 15) is 9.18 Å². The molecule has 0 unspecified atom stereocenters. The van der Waals surface area contributed by atoms with Gasteiger partial charge >= 0.3 is 0 Å². The van der Waals surface area contributed by atoms with Crippen molar-refractivity contribution in [3.63, 3.8) is 0 Å². The lowest BCUT2D eigenvalue weighted by molar-refractivity contribution is -0.120. The molecule has 1 aliphatic heterocycles. The quantitative estimate of drug-likeness (QED) is 0.856. The monoisotopic (exact) mass is 279 g/mol. The number of rotatable bonds is 6. The Kier molecular flexibility index (Phi) is 5.09. The van der Waals surface area contributed by atoms with E-state index in [1.165, 1.54) is 12.1 Å². The molecule has 0 radical (unpaired) electrons. The van der Waals surface area contributed by atoms with Crippen LogP contribution in [0.15, 0.2) is 24.3 Å². The number of amides is 1. The first-order valence-corrected chi connectivity index (χ1v) is 7.16. The Hall–Kier alpha value is -1.46. The Morgan fingerprint density at radius 1 is 1.25 bits per heavy atom. The van der Waals surface area contributed by atoms with Gasteiger partial charge in [-0.25, -0.2) is 4.39 Å². The molecule has 1 aliphatic rings. The molecule has 1 fully saturated rings. The molecular formula is C15H22FN3O. The van der Waals surface area contributed by atoms with Crippen molar-refractivity contribution in [2.75, 3.05) is 37.6 Å². The van der Waals surface area contributed by atoms with E-state index >= 15 is 0 Å². The van der Waals surface area contributed by atoms with Crippen LogP contribution in [0, 0.1) is 5.82 Å². The predicted molar refractivity (Wildman–Crippen MR) is 78.3 cm³/mol. The van der Waals surface area contributed by atoms with E-state index in [1.807, 2.05) is 6.92 Å². The van der Waals surface area contributed by atoms with Crippen LogP contribution in [-0.4, -0.2) is 49.6 Å². The molecule has 1 aromatic carbocycles. The molecule has 110 valence electrons. The summed E-state index contributed by atoms with van der Waals surface area (Å²) >= 11 is 0. The fourth-order valence-electron chi connectivity index (χ4n) is 2.41. The first-order chi connectivity index (χ1) is 9.65. The van der Waals surface area contributed by atoms with Gasteiger partial charge in [0, 0.05) is 31.4 Å². The maximum atomic E-state index is 13.0. The summed E-state index contributed by atoms with van der Waals surface area (Å²) in [5.41, 5.74) is 0.752. The number of nitrogens with one attached hydrogen (secondary N) is 1. The lowest BCUT2D eigenvalue weighted by Gasteiger charge is -2.38. The van der Waals surface area contributed by atoms with Crippen LogP contribution in [0.1, 0.15) is 13.8 Å². The average Bonchev–Trinajstić information content (AvgIpc) is 2.39. The van der Waals surface area contributed by atoms with E-state index in [4.69, 9.17) is 0 Å². The second kappa shape index (κ2) is 6.81. The third-order valence-electron chi connectivity index (χ3n) is 3.78. The summed E-state index contributed by atoms with van der Waals surface area (Å²) in [4.78, 5) is 16.3. The van der Waals surface area contributed by atoms with Gasteiger partial charge in [0.2, 0.25) is 5.91 Å². The maximum absolute atomic E-state index is 13.0. The summed E-state index contributed by atoms with van der Waals surface area (Å²) in [7, 11) is 0. The molecule has 1 heterocycles. The van der Waals surface area contributed by atoms with Gasteiger partial charge < -0.3 is 10.2 Å². The number of anilines is 1. The van der Waals surface area contributed by atoms with Crippen molar-refractivity contribution < 1.29 is 9.18 Å². The van der Waals surface area contributed by atoms with Gasteiger partial charge in [-0.2, -0.15) is 0 Å². The van der Waals surface area contributed by atoms with Crippen molar-refractivity contribution in [2.24, 2.45) is 0 Å². The summed E-state index contributed by atoms with van der Waals surface area (Å²) in [6.45, 7) is 7.76. The Bertz CT molecular complexity index is 445. The summed E-state index contributed by atoms with van der Waals surface area (Å²) < 4.78 is 13.0. The van der Waals surface area contributed by atoms with Gasteiger partial charge in [-0.1, -0.05) is 6.92 Å². The lowest BCUT2D eigenvalue weighted by atomic mass is 10.1. The van der Waals surface area contributed by atoms with Crippen LogP contribution in [0.3, 0.4) is 0 Å². The molecule has 0 aromatic heterocycles. The SMILES string of the molecule is CCN(C(=O)CN(CC)C1CNC1)c1ccc(F)cc1.